The Morgan fingerprint density at radius 3 is 2.42 bits per heavy atom. The number of nitrogens with one attached hydrogen (secondary N) is 1. The molecule has 0 spiro atoms. The molecule has 0 radical (unpaired) electrons. The molecule has 7 heteroatoms. The number of nitrogens with two attached hydrogens (primary N) is 1. The number of hydrogen-bond donors (Lipinski definition) is 2. The largest absolute Gasteiger partial charge is 0.481 e. The van der Waals surface area contributed by atoms with Gasteiger partial charge in [0.15, 0.2) is 0 Å². The average Bonchev–Trinajstić information content (AvgIpc) is 2.84. The molecule has 7 nitrogen and oxygen atoms in total. The highest BCUT2D eigenvalue weighted by atomic mass is 16.5. The fraction of sp³-hybridized carbons (Fsp3) is 0.583. The van der Waals surface area contributed by atoms with Gasteiger partial charge < -0.3 is 15.2 Å². The van der Waals surface area contributed by atoms with Crippen LogP contribution in [-0.2, 0) is 4.79 Å². The molecule has 1 aromatic heterocycles. The van der Waals surface area contributed by atoms with Gasteiger partial charge in [-0.1, -0.05) is 6.42 Å². The van der Waals surface area contributed by atoms with Crippen LogP contribution in [0.25, 0.3) is 0 Å². The minimum Gasteiger partial charge on any atom is -0.481 e. The van der Waals surface area contributed by atoms with Crippen LogP contribution in [0.2, 0.25) is 0 Å². The highest BCUT2D eigenvalue weighted by Crippen LogP contribution is 2.25. The minimum atomic E-state index is -0.180. The highest BCUT2D eigenvalue weighted by Gasteiger charge is 2.30. The first-order valence-electron chi connectivity index (χ1n) is 6.17. The van der Waals surface area contributed by atoms with Crippen molar-refractivity contribution in [1.29, 1.82) is 0 Å². The van der Waals surface area contributed by atoms with Crippen LogP contribution in [0.4, 0.5) is 5.95 Å². The number of carbonyl (C=O) groups excluding carboxylic acids is 1. The predicted octanol–water partition coefficient (Wildman–Crippen LogP) is 0.560. The molecule has 1 heterocycles. The summed E-state index contributed by atoms with van der Waals surface area (Å²) >= 11 is 0. The van der Waals surface area contributed by atoms with E-state index in [4.69, 9.17) is 15.2 Å². The van der Waals surface area contributed by atoms with Crippen LogP contribution < -0.4 is 20.5 Å². The van der Waals surface area contributed by atoms with Gasteiger partial charge in [-0.05, 0) is 12.8 Å². The van der Waals surface area contributed by atoms with Crippen molar-refractivity contribution in [2.45, 2.75) is 25.3 Å². The van der Waals surface area contributed by atoms with Gasteiger partial charge in [0.25, 0.3) is 0 Å². The Labute approximate surface area is 111 Å². The Balaban J connectivity index is 2.11. The summed E-state index contributed by atoms with van der Waals surface area (Å²) in [7, 11) is 2.97. The van der Waals surface area contributed by atoms with Gasteiger partial charge in [-0.3, -0.25) is 10.1 Å². The Kier molecular flexibility index (Phi) is 4.16. The summed E-state index contributed by atoms with van der Waals surface area (Å²) in [4.78, 5) is 20.2. The molecule has 1 fully saturated rings. The second-order valence-electron chi connectivity index (χ2n) is 4.47. The molecule has 1 aliphatic rings. The molecule has 1 amide bonds. The Hall–Kier alpha value is -1.89. The van der Waals surface area contributed by atoms with Crippen LogP contribution in [0.5, 0.6) is 11.8 Å². The average molecular weight is 266 g/mol. The number of nitrogens with zero attached hydrogens (tertiary/aromatic N) is 2. The molecule has 1 aliphatic carbocycles. The number of amides is 1. The quantitative estimate of drug-likeness (QED) is 0.826. The zero-order valence-electron chi connectivity index (χ0n) is 11.0. The third kappa shape index (κ3) is 3.11. The van der Waals surface area contributed by atoms with Crippen molar-refractivity contribution in [1.82, 2.24) is 9.97 Å². The lowest BCUT2D eigenvalue weighted by molar-refractivity contribution is -0.120. The number of hydrogen-bond acceptors (Lipinski definition) is 6. The third-order valence-corrected chi connectivity index (χ3v) is 3.24. The molecule has 2 unspecified atom stereocenters. The van der Waals surface area contributed by atoms with E-state index in [-0.39, 0.29) is 23.8 Å². The number of rotatable bonds is 4. The predicted molar refractivity (Wildman–Crippen MR) is 69.1 cm³/mol. The van der Waals surface area contributed by atoms with Crippen molar-refractivity contribution in [2.24, 2.45) is 11.7 Å². The van der Waals surface area contributed by atoms with E-state index >= 15 is 0 Å². The first-order chi connectivity index (χ1) is 9.13. The van der Waals surface area contributed by atoms with E-state index in [0.717, 1.165) is 19.3 Å². The fourth-order valence-electron chi connectivity index (χ4n) is 2.19. The van der Waals surface area contributed by atoms with Gasteiger partial charge in [0.2, 0.25) is 23.6 Å². The maximum Gasteiger partial charge on any atom is 0.236 e. The lowest BCUT2D eigenvalue weighted by atomic mass is 10.0. The minimum absolute atomic E-state index is 0.0903. The number of anilines is 1. The summed E-state index contributed by atoms with van der Waals surface area (Å²) in [6.07, 6.45) is 2.65. The summed E-state index contributed by atoms with van der Waals surface area (Å²) < 4.78 is 10.0. The van der Waals surface area contributed by atoms with Crippen molar-refractivity contribution in [3.05, 3.63) is 6.07 Å². The zero-order chi connectivity index (χ0) is 13.8. The zero-order valence-corrected chi connectivity index (χ0v) is 11.0. The van der Waals surface area contributed by atoms with Gasteiger partial charge in [-0.2, -0.15) is 9.97 Å². The van der Waals surface area contributed by atoms with Gasteiger partial charge >= 0.3 is 0 Å². The van der Waals surface area contributed by atoms with Crippen LogP contribution in [-0.4, -0.2) is 36.1 Å². The van der Waals surface area contributed by atoms with Crippen molar-refractivity contribution < 1.29 is 14.3 Å². The number of carbonyl (C=O) groups is 1. The molecule has 1 aromatic rings. The lowest BCUT2D eigenvalue weighted by Crippen LogP contribution is -2.34. The maximum atomic E-state index is 12.1. The normalized spacial score (nSPS) is 22.1. The summed E-state index contributed by atoms with van der Waals surface area (Å²) in [5, 5.41) is 2.66. The third-order valence-electron chi connectivity index (χ3n) is 3.24. The van der Waals surface area contributed by atoms with E-state index in [0.29, 0.717) is 11.8 Å². The number of ether oxygens (including phenoxy) is 2. The van der Waals surface area contributed by atoms with E-state index in [2.05, 4.69) is 15.3 Å². The maximum absolute atomic E-state index is 12.1. The molecule has 3 N–H and O–H groups in total. The summed E-state index contributed by atoms with van der Waals surface area (Å²) in [5.41, 5.74) is 5.89. The second kappa shape index (κ2) is 5.83. The van der Waals surface area contributed by atoms with Crippen LogP contribution in [0, 0.1) is 5.92 Å². The van der Waals surface area contributed by atoms with Gasteiger partial charge in [-0.15, -0.1) is 0 Å². The topological polar surface area (TPSA) is 99.4 Å². The summed E-state index contributed by atoms with van der Waals surface area (Å²) in [6.45, 7) is 0. The first kappa shape index (κ1) is 13.5. The molecule has 104 valence electrons. The molecule has 1 saturated carbocycles. The molecule has 2 atom stereocenters. The molecule has 0 bridgehead atoms. The van der Waals surface area contributed by atoms with Crippen LogP contribution in [0.1, 0.15) is 19.3 Å². The van der Waals surface area contributed by atoms with Crippen molar-refractivity contribution in [3.63, 3.8) is 0 Å². The molecule has 2 rings (SSSR count). The number of aromatic nitrogens is 2. The second-order valence-corrected chi connectivity index (χ2v) is 4.47. The smallest absolute Gasteiger partial charge is 0.236 e. The van der Waals surface area contributed by atoms with E-state index in [1.165, 1.54) is 20.3 Å². The van der Waals surface area contributed by atoms with Crippen molar-refractivity contribution in [2.75, 3.05) is 19.5 Å². The van der Waals surface area contributed by atoms with Crippen LogP contribution >= 0.6 is 0 Å². The highest BCUT2D eigenvalue weighted by molar-refractivity contribution is 5.91. The van der Waals surface area contributed by atoms with Gasteiger partial charge in [-0.25, -0.2) is 0 Å². The SMILES string of the molecule is COc1cc(OC)nc(NC(=O)C2CCCC2N)n1. The molecule has 0 aliphatic heterocycles. The Morgan fingerprint density at radius 1 is 1.32 bits per heavy atom. The lowest BCUT2D eigenvalue weighted by Gasteiger charge is -2.14. The van der Waals surface area contributed by atoms with Crippen molar-refractivity contribution in [3.8, 4) is 11.8 Å². The Morgan fingerprint density at radius 2 is 1.95 bits per heavy atom. The fourth-order valence-corrected chi connectivity index (χ4v) is 2.19. The van der Waals surface area contributed by atoms with E-state index < -0.39 is 0 Å². The Bertz CT molecular complexity index is 444. The van der Waals surface area contributed by atoms with Gasteiger partial charge in [0.1, 0.15) is 0 Å². The van der Waals surface area contributed by atoms with Gasteiger partial charge in [0, 0.05) is 6.04 Å². The molecular weight excluding hydrogens is 248 g/mol. The first-order valence-corrected chi connectivity index (χ1v) is 6.17. The van der Waals surface area contributed by atoms with E-state index in [1.807, 2.05) is 0 Å². The molecule has 0 saturated heterocycles. The van der Waals surface area contributed by atoms with Gasteiger partial charge in [0.05, 0.1) is 26.2 Å². The standard InChI is InChI=1S/C12H18N4O3/c1-18-9-6-10(19-2)15-12(14-9)16-11(17)7-4-3-5-8(7)13/h6-8H,3-5,13H2,1-2H3,(H,14,15,16,17). The molecule has 19 heavy (non-hydrogen) atoms. The van der Waals surface area contributed by atoms with E-state index in [9.17, 15) is 4.79 Å². The molecular formula is C12H18N4O3. The van der Waals surface area contributed by atoms with Crippen LogP contribution in [0.15, 0.2) is 6.07 Å². The van der Waals surface area contributed by atoms with Crippen LogP contribution in [0.3, 0.4) is 0 Å². The molecule has 0 aromatic carbocycles. The van der Waals surface area contributed by atoms with E-state index in [1.54, 1.807) is 0 Å². The van der Waals surface area contributed by atoms with Crippen molar-refractivity contribution >= 4 is 11.9 Å². The summed E-state index contributed by atoms with van der Waals surface area (Å²) in [5.74, 6) is 0.497. The number of methoxy groups -OCH3 is 2. The monoisotopic (exact) mass is 266 g/mol. The summed E-state index contributed by atoms with van der Waals surface area (Å²) in [6, 6.07) is 1.45.